The van der Waals surface area contributed by atoms with E-state index in [1.807, 2.05) is 72.8 Å². The Morgan fingerprint density at radius 1 is 0.806 bits per heavy atom. The summed E-state index contributed by atoms with van der Waals surface area (Å²) in [5.41, 5.74) is 3.78. The second kappa shape index (κ2) is 6.44. The van der Waals surface area contributed by atoms with E-state index in [1.165, 1.54) is 11.9 Å². The van der Waals surface area contributed by atoms with Crippen LogP contribution in [0.2, 0.25) is 0 Å². The second-order valence-corrected chi connectivity index (χ2v) is 7.82. The third-order valence-corrected chi connectivity index (χ3v) is 6.02. The van der Waals surface area contributed by atoms with Gasteiger partial charge in [-0.2, -0.15) is 0 Å². The molecule has 1 aromatic heterocycles. The van der Waals surface area contributed by atoms with Gasteiger partial charge in [0.15, 0.2) is 0 Å². The van der Waals surface area contributed by atoms with E-state index in [9.17, 15) is 9.59 Å². The molecule has 6 rings (SSSR count). The molecule has 1 N–H and O–H groups in total. The lowest BCUT2D eigenvalue weighted by molar-refractivity contribution is 0.0694. The molecule has 0 aliphatic carbocycles. The standard InChI is InChI=1S/C26H18N2O3/c1-28-25(29)22-17-9-5-6-10-18(17)24-21(23(22)26(28)30)19-13-16(11-12-20(19)27-24)31-14-15-7-3-2-4-8-15/h2-13,27H,14H2,1H3. The van der Waals surface area contributed by atoms with Gasteiger partial charge in [-0.3, -0.25) is 14.5 Å². The Bertz CT molecular complexity index is 1530. The van der Waals surface area contributed by atoms with Gasteiger partial charge in [0.05, 0.1) is 16.6 Å². The van der Waals surface area contributed by atoms with Crippen LogP contribution in [-0.4, -0.2) is 28.7 Å². The fourth-order valence-electron chi connectivity index (χ4n) is 4.51. The van der Waals surface area contributed by atoms with E-state index in [2.05, 4.69) is 4.98 Å². The monoisotopic (exact) mass is 406 g/mol. The molecule has 31 heavy (non-hydrogen) atoms. The molecule has 0 atom stereocenters. The van der Waals surface area contributed by atoms with Crippen molar-refractivity contribution < 1.29 is 14.3 Å². The molecular weight excluding hydrogens is 388 g/mol. The summed E-state index contributed by atoms with van der Waals surface area (Å²) in [6.45, 7) is 0.454. The van der Waals surface area contributed by atoms with Crippen LogP contribution in [-0.2, 0) is 6.61 Å². The highest BCUT2D eigenvalue weighted by Gasteiger charge is 2.37. The van der Waals surface area contributed by atoms with Crippen molar-refractivity contribution in [2.24, 2.45) is 0 Å². The molecule has 2 heterocycles. The first-order valence-corrected chi connectivity index (χ1v) is 10.1. The van der Waals surface area contributed by atoms with Gasteiger partial charge < -0.3 is 9.72 Å². The molecule has 150 valence electrons. The lowest BCUT2D eigenvalue weighted by atomic mass is 9.95. The number of H-pyrrole nitrogens is 1. The van der Waals surface area contributed by atoms with E-state index in [0.29, 0.717) is 23.5 Å². The van der Waals surface area contributed by atoms with Gasteiger partial charge in [-0.1, -0.05) is 54.6 Å². The Morgan fingerprint density at radius 2 is 1.52 bits per heavy atom. The molecule has 5 nitrogen and oxygen atoms in total. The van der Waals surface area contributed by atoms with Crippen LogP contribution in [0.25, 0.3) is 32.6 Å². The molecule has 2 amide bonds. The molecule has 0 radical (unpaired) electrons. The maximum Gasteiger partial charge on any atom is 0.262 e. The van der Waals surface area contributed by atoms with Gasteiger partial charge in [-0.05, 0) is 29.1 Å². The summed E-state index contributed by atoms with van der Waals surface area (Å²) in [5, 5.41) is 3.37. The lowest BCUT2D eigenvalue weighted by Crippen LogP contribution is -2.24. The number of ether oxygens (including phenoxy) is 1. The Labute approximate surface area is 177 Å². The van der Waals surface area contributed by atoms with E-state index in [0.717, 1.165) is 38.1 Å². The number of carbonyl (C=O) groups is 2. The molecule has 0 fully saturated rings. The van der Waals surface area contributed by atoms with Crippen LogP contribution in [0.15, 0.2) is 72.8 Å². The van der Waals surface area contributed by atoms with E-state index in [4.69, 9.17) is 4.74 Å². The summed E-state index contributed by atoms with van der Waals surface area (Å²) < 4.78 is 6.02. The zero-order valence-corrected chi connectivity index (χ0v) is 16.8. The SMILES string of the molecule is CN1C(=O)c2c(c3c4cc(OCc5ccccc5)ccc4[nH]c3c3ccccc23)C1=O. The Hall–Kier alpha value is -4.12. The highest BCUT2D eigenvalue weighted by atomic mass is 16.5. The summed E-state index contributed by atoms with van der Waals surface area (Å²) in [6, 6.07) is 23.5. The van der Waals surface area contributed by atoms with Gasteiger partial charge >= 0.3 is 0 Å². The van der Waals surface area contributed by atoms with Crippen LogP contribution in [0.4, 0.5) is 0 Å². The van der Waals surface area contributed by atoms with Gasteiger partial charge in [-0.25, -0.2) is 0 Å². The first-order chi connectivity index (χ1) is 15.1. The number of imide groups is 1. The Kier molecular flexibility index (Phi) is 3.68. The minimum absolute atomic E-state index is 0.260. The van der Waals surface area contributed by atoms with Gasteiger partial charge in [0.25, 0.3) is 11.8 Å². The number of aromatic nitrogens is 1. The smallest absolute Gasteiger partial charge is 0.262 e. The number of hydrogen-bond acceptors (Lipinski definition) is 3. The Morgan fingerprint density at radius 3 is 2.32 bits per heavy atom. The van der Waals surface area contributed by atoms with Gasteiger partial charge in [0.1, 0.15) is 12.4 Å². The van der Waals surface area contributed by atoms with Crippen molar-refractivity contribution >= 4 is 44.4 Å². The second-order valence-electron chi connectivity index (χ2n) is 7.82. The molecule has 0 bridgehead atoms. The number of carbonyl (C=O) groups excluding carboxylic acids is 2. The molecule has 0 unspecified atom stereocenters. The Balaban J connectivity index is 1.60. The normalized spacial score (nSPS) is 13.5. The molecule has 0 spiro atoms. The van der Waals surface area contributed by atoms with Crippen molar-refractivity contribution in [1.82, 2.24) is 9.88 Å². The maximum atomic E-state index is 13.1. The highest BCUT2D eigenvalue weighted by molar-refractivity contribution is 6.36. The molecule has 5 aromatic rings. The predicted octanol–water partition coefficient (Wildman–Crippen LogP) is 5.28. The van der Waals surface area contributed by atoms with Crippen molar-refractivity contribution in [3.8, 4) is 5.75 Å². The number of amides is 2. The van der Waals surface area contributed by atoms with Crippen molar-refractivity contribution in [3.63, 3.8) is 0 Å². The van der Waals surface area contributed by atoms with Crippen molar-refractivity contribution in [2.45, 2.75) is 6.61 Å². The number of nitrogens with one attached hydrogen (secondary N) is 1. The quantitative estimate of drug-likeness (QED) is 0.415. The first-order valence-electron chi connectivity index (χ1n) is 10.1. The van der Waals surface area contributed by atoms with Crippen LogP contribution in [0.5, 0.6) is 5.75 Å². The largest absolute Gasteiger partial charge is 0.489 e. The minimum Gasteiger partial charge on any atom is -0.489 e. The van der Waals surface area contributed by atoms with Crippen molar-refractivity contribution in [3.05, 3.63) is 89.5 Å². The number of nitrogens with zero attached hydrogens (tertiary/aromatic N) is 1. The molecule has 0 saturated carbocycles. The van der Waals surface area contributed by atoms with E-state index in [-0.39, 0.29) is 11.8 Å². The third-order valence-electron chi connectivity index (χ3n) is 6.02. The number of hydrogen-bond donors (Lipinski definition) is 1. The zero-order valence-electron chi connectivity index (χ0n) is 16.8. The number of benzene rings is 4. The summed E-state index contributed by atoms with van der Waals surface area (Å²) in [4.78, 5) is 30.6. The molecule has 0 saturated heterocycles. The minimum atomic E-state index is -0.271. The molecule has 4 aromatic carbocycles. The predicted molar refractivity (Wildman–Crippen MR) is 121 cm³/mol. The van der Waals surface area contributed by atoms with Crippen LogP contribution in [0.1, 0.15) is 26.3 Å². The average Bonchev–Trinajstić information content (AvgIpc) is 3.29. The van der Waals surface area contributed by atoms with Crippen molar-refractivity contribution in [2.75, 3.05) is 7.05 Å². The fraction of sp³-hybridized carbons (Fsp3) is 0.0769. The molecular formula is C26H18N2O3. The lowest BCUT2D eigenvalue weighted by Gasteiger charge is -2.07. The number of fused-ring (bicyclic) bond motifs is 8. The van der Waals surface area contributed by atoms with Crippen LogP contribution in [0.3, 0.4) is 0 Å². The summed E-state index contributed by atoms with van der Waals surface area (Å²) in [6.07, 6.45) is 0. The van der Waals surface area contributed by atoms with Crippen LogP contribution < -0.4 is 4.74 Å². The summed E-state index contributed by atoms with van der Waals surface area (Å²) in [5.74, 6) is 0.181. The van der Waals surface area contributed by atoms with Gasteiger partial charge in [0, 0.05) is 28.7 Å². The topological polar surface area (TPSA) is 62.4 Å². The molecule has 1 aliphatic heterocycles. The molecule has 1 aliphatic rings. The van der Waals surface area contributed by atoms with E-state index < -0.39 is 0 Å². The van der Waals surface area contributed by atoms with Crippen LogP contribution in [0, 0.1) is 0 Å². The van der Waals surface area contributed by atoms with Crippen LogP contribution >= 0.6 is 0 Å². The highest BCUT2D eigenvalue weighted by Crippen LogP contribution is 2.41. The first kappa shape index (κ1) is 17.7. The summed E-state index contributed by atoms with van der Waals surface area (Å²) in [7, 11) is 1.54. The van der Waals surface area contributed by atoms with Gasteiger partial charge in [0.2, 0.25) is 0 Å². The van der Waals surface area contributed by atoms with E-state index >= 15 is 0 Å². The zero-order chi connectivity index (χ0) is 21.1. The number of rotatable bonds is 3. The van der Waals surface area contributed by atoms with Gasteiger partial charge in [-0.15, -0.1) is 0 Å². The van der Waals surface area contributed by atoms with Crippen molar-refractivity contribution in [1.29, 1.82) is 0 Å². The van der Waals surface area contributed by atoms with E-state index in [1.54, 1.807) is 0 Å². The summed E-state index contributed by atoms with van der Waals surface area (Å²) >= 11 is 0. The molecule has 5 heteroatoms. The number of aromatic amines is 1. The third kappa shape index (κ3) is 2.50. The maximum absolute atomic E-state index is 13.1. The fourth-order valence-corrected chi connectivity index (χ4v) is 4.51. The average molecular weight is 406 g/mol.